The van der Waals surface area contributed by atoms with Crippen LogP contribution < -0.4 is 5.73 Å². The number of carbonyl (C=O) groups excluding carboxylic acids is 1. The van der Waals surface area contributed by atoms with Gasteiger partial charge < -0.3 is 10.5 Å². The van der Waals surface area contributed by atoms with Crippen molar-refractivity contribution in [2.45, 2.75) is 31.3 Å². The van der Waals surface area contributed by atoms with E-state index in [0.29, 0.717) is 4.90 Å². The second kappa shape index (κ2) is 5.91. The molecule has 0 bridgehead atoms. The smallest absolute Gasteiger partial charge is 0.436 e. The van der Waals surface area contributed by atoms with Gasteiger partial charge in [0.15, 0.2) is 0 Å². The molecule has 1 rings (SSSR count). The van der Waals surface area contributed by atoms with Crippen molar-refractivity contribution in [2.75, 3.05) is 0 Å². The first kappa shape index (κ1) is 16.0. The molecule has 0 aliphatic heterocycles. The van der Waals surface area contributed by atoms with E-state index in [1.165, 1.54) is 18.2 Å². The number of hydrogen-bond acceptors (Lipinski definition) is 5. The average Bonchev–Trinajstić information content (AvgIpc) is 2.26. The number of non-ortho nitro benzene ring substituents is 1. The maximum absolute atomic E-state index is 11.5. The van der Waals surface area contributed by atoms with Gasteiger partial charge in [0.05, 0.1) is 4.92 Å². The van der Waals surface area contributed by atoms with Crippen LogP contribution in [-0.2, 0) is 4.74 Å². The molecule has 0 radical (unpaired) electrons. The lowest BCUT2D eigenvalue weighted by molar-refractivity contribution is -0.384. The normalized spacial score (nSPS) is 12.1. The first-order chi connectivity index (χ1) is 9.10. The lowest BCUT2D eigenvalue weighted by atomic mass is 10.2. The number of hydrogen-bond donors (Lipinski definition) is 2. The molecule has 0 saturated carbocycles. The highest BCUT2D eigenvalue weighted by Crippen LogP contribution is 2.20. The zero-order valence-electron chi connectivity index (χ0n) is 11.3. The third-order valence-electron chi connectivity index (χ3n) is 2.07. The van der Waals surface area contributed by atoms with E-state index in [1.807, 2.05) is 0 Å². The van der Waals surface area contributed by atoms with Gasteiger partial charge in [-0.05, 0) is 26.8 Å². The summed E-state index contributed by atoms with van der Waals surface area (Å²) in [5.41, 5.74) is 5.00. The fourth-order valence-electron chi connectivity index (χ4n) is 1.29. The molecule has 1 aromatic rings. The standard InChI is InChI=1S/C12H15N3O4S/c1-12(2,3)19-11(16)14-10(13)8-6-7(15(17)18)4-5-9(8)20/h4-6,20H,1-3H3,(H2,13,14,16). The zero-order valence-corrected chi connectivity index (χ0v) is 12.2. The van der Waals surface area contributed by atoms with Crippen LogP contribution in [0.25, 0.3) is 0 Å². The molecule has 0 spiro atoms. The molecule has 8 heteroatoms. The number of nitro groups is 1. The number of nitro benzene ring substituents is 1. The van der Waals surface area contributed by atoms with Crippen LogP contribution in [-0.4, -0.2) is 22.5 Å². The summed E-state index contributed by atoms with van der Waals surface area (Å²) in [6, 6.07) is 3.90. The van der Waals surface area contributed by atoms with Gasteiger partial charge in [-0.3, -0.25) is 10.1 Å². The van der Waals surface area contributed by atoms with Gasteiger partial charge in [-0.1, -0.05) is 0 Å². The van der Waals surface area contributed by atoms with Crippen LogP contribution in [0.15, 0.2) is 28.1 Å². The van der Waals surface area contributed by atoms with Crippen molar-refractivity contribution in [3.63, 3.8) is 0 Å². The number of amides is 1. The number of nitrogens with zero attached hydrogens (tertiary/aromatic N) is 2. The van der Waals surface area contributed by atoms with E-state index < -0.39 is 16.6 Å². The number of ether oxygens (including phenoxy) is 1. The maximum Gasteiger partial charge on any atom is 0.436 e. The Labute approximate surface area is 121 Å². The van der Waals surface area contributed by atoms with Gasteiger partial charge in [0.1, 0.15) is 11.4 Å². The van der Waals surface area contributed by atoms with Crippen molar-refractivity contribution < 1.29 is 14.5 Å². The Hall–Kier alpha value is -2.09. The fraction of sp³-hybridized carbons (Fsp3) is 0.333. The van der Waals surface area contributed by atoms with Crippen molar-refractivity contribution in [3.8, 4) is 0 Å². The number of nitrogens with two attached hydrogens (primary N) is 1. The molecule has 0 heterocycles. The largest absolute Gasteiger partial charge is 0.442 e. The number of carbonyl (C=O) groups is 1. The molecule has 0 saturated heterocycles. The van der Waals surface area contributed by atoms with Crippen LogP contribution in [0.5, 0.6) is 0 Å². The molecule has 0 aliphatic carbocycles. The fourth-order valence-corrected chi connectivity index (χ4v) is 1.54. The van der Waals surface area contributed by atoms with Crippen LogP contribution in [0.1, 0.15) is 26.3 Å². The summed E-state index contributed by atoms with van der Waals surface area (Å²) in [5.74, 6) is -0.187. The molecule has 0 fully saturated rings. The van der Waals surface area contributed by atoms with E-state index in [-0.39, 0.29) is 17.1 Å². The Morgan fingerprint density at radius 2 is 2.05 bits per heavy atom. The highest BCUT2D eigenvalue weighted by Gasteiger charge is 2.17. The third kappa shape index (κ3) is 4.54. The van der Waals surface area contributed by atoms with Gasteiger partial charge in [0, 0.05) is 22.6 Å². The number of rotatable bonds is 2. The molecule has 2 N–H and O–H groups in total. The molecule has 108 valence electrons. The molecule has 0 atom stereocenters. The van der Waals surface area contributed by atoms with Crippen molar-refractivity contribution in [3.05, 3.63) is 33.9 Å². The van der Waals surface area contributed by atoms with Gasteiger partial charge in [-0.2, -0.15) is 4.99 Å². The number of aliphatic imine (C=N–C) groups is 1. The van der Waals surface area contributed by atoms with E-state index in [4.69, 9.17) is 10.5 Å². The Morgan fingerprint density at radius 3 is 2.55 bits per heavy atom. The van der Waals surface area contributed by atoms with Crippen molar-refractivity contribution in [1.82, 2.24) is 0 Å². The van der Waals surface area contributed by atoms with E-state index in [1.54, 1.807) is 20.8 Å². The maximum atomic E-state index is 11.5. The van der Waals surface area contributed by atoms with E-state index in [2.05, 4.69) is 17.6 Å². The summed E-state index contributed by atoms with van der Waals surface area (Å²) in [4.78, 5) is 25.6. The second-order valence-corrected chi connectivity index (χ2v) is 5.42. The Balaban J connectivity index is 3.08. The van der Waals surface area contributed by atoms with Crippen LogP contribution in [0.3, 0.4) is 0 Å². The van der Waals surface area contributed by atoms with Crippen LogP contribution in [0, 0.1) is 10.1 Å². The summed E-state index contributed by atoms with van der Waals surface area (Å²) in [7, 11) is 0. The van der Waals surface area contributed by atoms with Crippen LogP contribution >= 0.6 is 12.6 Å². The van der Waals surface area contributed by atoms with Gasteiger partial charge in [-0.15, -0.1) is 12.6 Å². The topological polar surface area (TPSA) is 108 Å². The minimum Gasteiger partial charge on any atom is -0.442 e. The summed E-state index contributed by atoms with van der Waals surface area (Å²) in [6.45, 7) is 5.07. The van der Waals surface area contributed by atoms with Crippen molar-refractivity contribution in [2.24, 2.45) is 10.7 Å². The lowest BCUT2D eigenvalue weighted by Gasteiger charge is -2.17. The Kier molecular flexibility index (Phi) is 4.72. The third-order valence-corrected chi connectivity index (χ3v) is 2.46. The lowest BCUT2D eigenvalue weighted by Crippen LogP contribution is -2.24. The summed E-state index contributed by atoms with van der Waals surface area (Å²) in [6.07, 6.45) is -0.866. The molecular weight excluding hydrogens is 282 g/mol. The molecule has 1 aromatic carbocycles. The Bertz CT molecular complexity index is 579. The van der Waals surface area contributed by atoms with Crippen LogP contribution in [0.2, 0.25) is 0 Å². The van der Waals surface area contributed by atoms with E-state index in [0.717, 1.165) is 0 Å². The SMILES string of the molecule is CC(C)(C)OC(=O)/N=C(/N)c1cc([N+](=O)[O-])ccc1S. The molecule has 0 aliphatic rings. The van der Waals surface area contributed by atoms with Gasteiger partial charge in [-0.25, -0.2) is 4.79 Å². The summed E-state index contributed by atoms with van der Waals surface area (Å²) < 4.78 is 4.98. The van der Waals surface area contributed by atoms with Crippen LogP contribution in [0.4, 0.5) is 10.5 Å². The zero-order chi connectivity index (χ0) is 15.5. The van der Waals surface area contributed by atoms with Gasteiger partial charge in [0.25, 0.3) is 5.69 Å². The molecule has 7 nitrogen and oxygen atoms in total. The second-order valence-electron chi connectivity index (χ2n) is 4.94. The molecule has 1 amide bonds. The highest BCUT2D eigenvalue weighted by atomic mass is 32.1. The van der Waals surface area contributed by atoms with Gasteiger partial charge in [0.2, 0.25) is 0 Å². The predicted molar refractivity (Wildman–Crippen MR) is 77.3 cm³/mol. The van der Waals surface area contributed by atoms with E-state index >= 15 is 0 Å². The first-order valence-electron chi connectivity index (χ1n) is 5.65. The predicted octanol–water partition coefficient (Wildman–Crippen LogP) is 2.52. The number of benzene rings is 1. The van der Waals surface area contributed by atoms with E-state index in [9.17, 15) is 14.9 Å². The van der Waals surface area contributed by atoms with Crippen molar-refractivity contribution >= 4 is 30.2 Å². The van der Waals surface area contributed by atoms with Gasteiger partial charge >= 0.3 is 6.09 Å². The highest BCUT2D eigenvalue weighted by molar-refractivity contribution is 7.80. The summed E-state index contributed by atoms with van der Waals surface area (Å²) >= 11 is 4.13. The molecule has 0 unspecified atom stereocenters. The minimum atomic E-state index is -0.866. The molecule has 0 aromatic heterocycles. The Morgan fingerprint density at radius 1 is 1.45 bits per heavy atom. The monoisotopic (exact) mass is 297 g/mol. The van der Waals surface area contributed by atoms with Crippen molar-refractivity contribution in [1.29, 1.82) is 0 Å². The molecular formula is C12H15N3O4S. The number of thiol groups is 1. The quantitative estimate of drug-likeness (QED) is 0.287. The summed E-state index contributed by atoms with van der Waals surface area (Å²) in [5, 5.41) is 10.7. The molecule has 20 heavy (non-hydrogen) atoms. The number of amidine groups is 1. The first-order valence-corrected chi connectivity index (χ1v) is 6.10. The minimum absolute atomic E-state index is 0.167. The average molecular weight is 297 g/mol.